The van der Waals surface area contributed by atoms with Gasteiger partial charge in [0.15, 0.2) is 5.82 Å². The molecule has 6 nitrogen and oxygen atoms in total. The second-order valence-electron chi connectivity index (χ2n) is 4.56. The lowest BCUT2D eigenvalue weighted by Crippen LogP contribution is -2.30. The third kappa shape index (κ3) is 1.61. The summed E-state index contributed by atoms with van der Waals surface area (Å²) >= 11 is 0. The largest absolute Gasteiger partial charge is 0.494 e. The van der Waals surface area contributed by atoms with Gasteiger partial charge in [-0.3, -0.25) is 14.3 Å². The zero-order valence-electron chi connectivity index (χ0n) is 10.2. The van der Waals surface area contributed by atoms with Gasteiger partial charge in [0.1, 0.15) is 11.3 Å². The lowest BCUT2D eigenvalue weighted by atomic mass is 10.1. The molecule has 3 rings (SSSR count). The number of aromatic nitrogens is 2. The zero-order chi connectivity index (χ0) is 13.7. The van der Waals surface area contributed by atoms with Crippen molar-refractivity contribution in [2.75, 3.05) is 12.8 Å². The van der Waals surface area contributed by atoms with Gasteiger partial charge in [-0.2, -0.15) is 0 Å². The number of fused-ring (bicyclic) bond motifs is 1. The minimum absolute atomic E-state index is 0.00520. The van der Waals surface area contributed by atoms with E-state index in [1.165, 1.54) is 11.7 Å². The molecule has 0 radical (unpaired) electrons. The predicted octanol–water partition coefficient (Wildman–Crippen LogP) is 0.755. The molecule has 19 heavy (non-hydrogen) atoms. The molecule has 1 aromatic heterocycles. The van der Waals surface area contributed by atoms with Crippen molar-refractivity contribution in [3.8, 4) is 5.75 Å². The van der Waals surface area contributed by atoms with Gasteiger partial charge < -0.3 is 10.5 Å². The summed E-state index contributed by atoms with van der Waals surface area (Å²) in [5.41, 5.74) is 4.38. The van der Waals surface area contributed by atoms with Gasteiger partial charge in [0.2, 0.25) is 0 Å². The summed E-state index contributed by atoms with van der Waals surface area (Å²) in [7, 11) is 1.35. The summed E-state index contributed by atoms with van der Waals surface area (Å²) in [6, 6.07) is 1.10. The fourth-order valence-corrected chi connectivity index (χ4v) is 2.26. The van der Waals surface area contributed by atoms with Crippen LogP contribution < -0.4 is 21.7 Å². The fourth-order valence-electron chi connectivity index (χ4n) is 2.26. The number of nitrogens with one attached hydrogen (secondary N) is 1. The molecule has 0 atom stereocenters. The SMILES string of the molecule is COc1cc(F)c(N)c2c(=O)[nH]c(=O)n(C3CC3)c12. The lowest BCUT2D eigenvalue weighted by Gasteiger charge is -2.13. The first-order chi connectivity index (χ1) is 9.04. The summed E-state index contributed by atoms with van der Waals surface area (Å²) in [4.78, 5) is 26.0. The summed E-state index contributed by atoms with van der Waals surface area (Å²) in [6.45, 7) is 0. The molecule has 0 saturated heterocycles. The van der Waals surface area contributed by atoms with Gasteiger partial charge in [0.05, 0.1) is 18.2 Å². The number of nitrogen functional groups attached to an aromatic ring is 1. The first-order valence-electron chi connectivity index (χ1n) is 5.85. The maximum absolute atomic E-state index is 13.7. The summed E-state index contributed by atoms with van der Waals surface area (Å²) in [5.74, 6) is -0.604. The Labute approximate surface area is 106 Å². The van der Waals surface area contributed by atoms with Crippen LogP contribution in [0.25, 0.3) is 10.9 Å². The Morgan fingerprint density at radius 1 is 1.47 bits per heavy atom. The van der Waals surface area contributed by atoms with E-state index in [-0.39, 0.29) is 28.4 Å². The molecule has 1 aromatic carbocycles. The van der Waals surface area contributed by atoms with Crippen LogP contribution in [-0.2, 0) is 0 Å². The van der Waals surface area contributed by atoms with Crippen molar-refractivity contribution >= 4 is 16.6 Å². The van der Waals surface area contributed by atoms with Crippen LogP contribution in [0.3, 0.4) is 0 Å². The standard InChI is InChI=1S/C12H12FN3O3/c1-19-7-4-6(13)9(14)8-10(7)16(5-2-3-5)12(18)15-11(8)17/h4-5H,2-3,14H2,1H3,(H,15,17,18). The fraction of sp³-hybridized carbons (Fsp3) is 0.333. The number of rotatable bonds is 2. The number of nitrogens with two attached hydrogens (primary N) is 1. The van der Waals surface area contributed by atoms with E-state index < -0.39 is 17.1 Å². The van der Waals surface area contributed by atoms with Crippen molar-refractivity contribution in [3.05, 3.63) is 32.7 Å². The van der Waals surface area contributed by atoms with Crippen LogP contribution in [0.15, 0.2) is 15.7 Å². The van der Waals surface area contributed by atoms with Crippen molar-refractivity contribution < 1.29 is 9.13 Å². The highest BCUT2D eigenvalue weighted by atomic mass is 19.1. The van der Waals surface area contributed by atoms with Crippen molar-refractivity contribution in [3.63, 3.8) is 0 Å². The number of aromatic amines is 1. The van der Waals surface area contributed by atoms with Gasteiger partial charge in [-0.15, -0.1) is 0 Å². The highest BCUT2D eigenvalue weighted by molar-refractivity contribution is 5.94. The molecule has 1 aliphatic carbocycles. The average Bonchev–Trinajstić information content (AvgIpc) is 3.17. The molecule has 1 aliphatic rings. The smallest absolute Gasteiger partial charge is 0.329 e. The summed E-state index contributed by atoms with van der Waals surface area (Å²) in [6.07, 6.45) is 1.67. The topological polar surface area (TPSA) is 90.1 Å². The molecule has 1 heterocycles. The number of benzene rings is 1. The van der Waals surface area contributed by atoms with E-state index in [0.717, 1.165) is 18.9 Å². The first kappa shape index (κ1) is 11.8. The highest BCUT2D eigenvalue weighted by Crippen LogP contribution is 2.38. The summed E-state index contributed by atoms with van der Waals surface area (Å²) < 4.78 is 20.2. The average molecular weight is 265 g/mol. The van der Waals surface area contributed by atoms with Crippen LogP contribution >= 0.6 is 0 Å². The normalized spacial score (nSPS) is 14.8. The molecule has 1 fully saturated rings. The van der Waals surface area contributed by atoms with E-state index in [4.69, 9.17) is 10.5 Å². The molecule has 3 N–H and O–H groups in total. The zero-order valence-corrected chi connectivity index (χ0v) is 10.2. The van der Waals surface area contributed by atoms with Gasteiger partial charge in [-0.05, 0) is 12.8 Å². The maximum atomic E-state index is 13.7. The molecule has 0 amide bonds. The predicted molar refractivity (Wildman–Crippen MR) is 68.0 cm³/mol. The molecule has 0 unspecified atom stereocenters. The number of methoxy groups -OCH3 is 1. The molecule has 7 heteroatoms. The molecular formula is C12H12FN3O3. The van der Waals surface area contributed by atoms with E-state index in [9.17, 15) is 14.0 Å². The second kappa shape index (κ2) is 3.84. The second-order valence-corrected chi connectivity index (χ2v) is 4.56. The van der Waals surface area contributed by atoms with E-state index >= 15 is 0 Å². The van der Waals surface area contributed by atoms with Crippen LogP contribution in [0, 0.1) is 5.82 Å². The van der Waals surface area contributed by atoms with Crippen molar-refractivity contribution in [2.24, 2.45) is 0 Å². The molecule has 100 valence electrons. The first-order valence-corrected chi connectivity index (χ1v) is 5.85. The van der Waals surface area contributed by atoms with Gasteiger partial charge >= 0.3 is 5.69 Å². The summed E-state index contributed by atoms with van der Waals surface area (Å²) in [5, 5.41) is -0.0386. The molecular weight excluding hydrogens is 253 g/mol. The number of hydrogen-bond acceptors (Lipinski definition) is 4. The van der Waals surface area contributed by atoms with Crippen molar-refractivity contribution in [1.82, 2.24) is 9.55 Å². The molecule has 1 saturated carbocycles. The minimum atomic E-state index is -0.740. The van der Waals surface area contributed by atoms with Crippen molar-refractivity contribution in [2.45, 2.75) is 18.9 Å². The molecule has 0 aliphatic heterocycles. The van der Waals surface area contributed by atoms with E-state index in [1.54, 1.807) is 0 Å². The Kier molecular flexibility index (Phi) is 2.38. The number of anilines is 1. The number of halogens is 1. The Balaban J connectivity index is 2.59. The molecule has 0 bridgehead atoms. The van der Waals surface area contributed by atoms with E-state index in [1.807, 2.05) is 0 Å². The number of ether oxygens (including phenoxy) is 1. The lowest BCUT2D eigenvalue weighted by molar-refractivity contribution is 0.413. The van der Waals surface area contributed by atoms with Crippen LogP contribution in [0.1, 0.15) is 18.9 Å². The van der Waals surface area contributed by atoms with Crippen LogP contribution in [0.2, 0.25) is 0 Å². The maximum Gasteiger partial charge on any atom is 0.329 e. The van der Waals surface area contributed by atoms with Crippen LogP contribution in [0.5, 0.6) is 5.75 Å². The van der Waals surface area contributed by atoms with Gasteiger partial charge in [0, 0.05) is 12.1 Å². The van der Waals surface area contributed by atoms with Gasteiger partial charge in [-0.1, -0.05) is 0 Å². The Hall–Kier alpha value is -2.31. The number of H-pyrrole nitrogens is 1. The highest BCUT2D eigenvalue weighted by Gasteiger charge is 2.29. The monoisotopic (exact) mass is 265 g/mol. The van der Waals surface area contributed by atoms with Gasteiger partial charge in [-0.25, -0.2) is 9.18 Å². The van der Waals surface area contributed by atoms with Crippen LogP contribution in [0.4, 0.5) is 10.1 Å². The van der Waals surface area contributed by atoms with Crippen molar-refractivity contribution in [1.29, 1.82) is 0 Å². The van der Waals surface area contributed by atoms with E-state index in [2.05, 4.69) is 4.98 Å². The van der Waals surface area contributed by atoms with Crippen LogP contribution in [-0.4, -0.2) is 16.7 Å². The number of nitrogens with zero attached hydrogens (tertiary/aromatic N) is 1. The Morgan fingerprint density at radius 2 is 2.16 bits per heavy atom. The molecule has 2 aromatic rings. The Bertz CT molecular complexity index is 789. The quantitative estimate of drug-likeness (QED) is 0.784. The van der Waals surface area contributed by atoms with Gasteiger partial charge in [0.25, 0.3) is 5.56 Å². The third-order valence-corrected chi connectivity index (χ3v) is 3.29. The van der Waals surface area contributed by atoms with E-state index in [0.29, 0.717) is 0 Å². The molecule has 0 spiro atoms. The number of hydrogen-bond donors (Lipinski definition) is 2. The minimum Gasteiger partial charge on any atom is -0.494 e. The third-order valence-electron chi connectivity index (χ3n) is 3.29. The Morgan fingerprint density at radius 3 is 2.74 bits per heavy atom.